The van der Waals surface area contributed by atoms with Crippen LogP contribution in [0.4, 0.5) is 9.18 Å². The summed E-state index contributed by atoms with van der Waals surface area (Å²) in [5.74, 6) is 0.420. The Balaban J connectivity index is 1.73. The molecule has 1 aromatic carbocycles. The van der Waals surface area contributed by atoms with E-state index in [2.05, 4.69) is 0 Å². The molecule has 1 fully saturated rings. The van der Waals surface area contributed by atoms with Crippen LogP contribution in [-0.4, -0.2) is 30.8 Å². The number of halogens is 1. The summed E-state index contributed by atoms with van der Waals surface area (Å²) >= 11 is 0. The van der Waals surface area contributed by atoms with Crippen molar-refractivity contribution in [3.63, 3.8) is 0 Å². The number of amides is 1. The number of carbonyl (C=O) groups is 1. The minimum Gasteiger partial charge on any atom is -0.445 e. The molecule has 0 bridgehead atoms. The van der Waals surface area contributed by atoms with Gasteiger partial charge in [-0.1, -0.05) is 30.3 Å². The van der Waals surface area contributed by atoms with E-state index >= 15 is 0 Å². The second kappa shape index (κ2) is 7.12. The quantitative estimate of drug-likeness (QED) is 0.835. The maximum atomic E-state index is 12.2. The molecular formula is C15H20FNO2. The first-order valence-corrected chi connectivity index (χ1v) is 6.81. The van der Waals surface area contributed by atoms with Crippen LogP contribution >= 0.6 is 0 Å². The number of hydrogen-bond acceptors (Lipinski definition) is 2. The van der Waals surface area contributed by atoms with Gasteiger partial charge in [-0.2, -0.15) is 0 Å². The number of carbonyl (C=O) groups excluding carboxylic acids is 1. The van der Waals surface area contributed by atoms with Crippen LogP contribution in [0.25, 0.3) is 0 Å². The molecule has 104 valence electrons. The van der Waals surface area contributed by atoms with Gasteiger partial charge in [0.1, 0.15) is 6.61 Å². The van der Waals surface area contributed by atoms with Gasteiger partial charge in [-0.05, 0) is 30.7 Å². The summed E-state index contributed by atoms with van der Waals surface area (Å²) in [6, 6.07) is 9.64. The van der Waals surface area contributed by atoms with E-state index in [0.29, 0.717) is 32.0 Å². The summed E-state index contributed by atoms with van der Waals surface area (Å²) < 4.78 is 17.5. The van der Waals surface area contributed by atoms with Crippen molar-refractivity contribution in [2.45, 2.75) is 25.9 Å². The molecule has 1 aliphatic heterocycles. The molecule has 0 unspecified atom stereocenters. The van der Waals surface area contributed by atoms with E-state index in [0.717, 1.165) is 18.4 Å². The summed E-state index contributed by atoms with van der Waals surface area (Å²) in [5.41, 5.74) is 0.989. The van der Waals surface area contributed by atoms with E-state index in [-0.39, 0.29) is 12.8 Å². The Kier molecular flexibility index (Phi) is 5.19. The van der Waals surface area contributed by atoms with Crippen molar-refractivity contribution in [1.29, 1.82) is 0 Å². The highest BCUT2D eigenvalue weighted by Gasteiger charge is 2.23. The second-order valence-electron chi connectivity index (χ2n) is 4.95. The van der Waals surface area contributed by atoms with Gasteiger partial charge in [-0.25, -0.2) is 4.79 Å². The molecule has 4 heteroatoms. The van der Waals surface area contributed by atoms with Gasteiger partial charge in [0.05, 0.1) is 6.67 Å². The Morgan fingerprint density at radius 2 is 1.95 bits per heavy atom. The number of nitrogens with zero attached hydrogens (tertiary/aromatic N) is 1. The highest BCUT2D eigenvalue weighted by Crippen LogP contribution is 2.21. The summed E-state index contributed by atoms with van der Waals surface area (Å²) in [5, 5.41) is 0. The maximum Gasteiger partial charge on any atom is 0.410 e. The van der Waals surface area contributed by atoms with Gasteiger partial charge in [0.15, 0.2) is 0 Å². The topological polar surface area (TPSA) is 29.5 Å². The summed E-state index contributed by atoms with van der Waals surface area (Å²) in [6.45, 7) is 1.41. The standard InChI is InChI=1S/C15H20FNO2/c16-9-6-13-7-10-17(11-8-13)15(18)19-12-14-4-2-1-3-5-14/h1-5,13H,6-12H2. The Bertz CT molecular complexity index is 388. The molecular weight excluding hydrogens is 245 g/mol. The lowest BCUT2D eigenvalue weighted by molar-refractivity contribution is 0.0809. The smallest absolute Gasteiger partial charge is 0.410 e. The lowest BCUT2D eigenvalue weighted by Gasteiger charge is -2.30. The summed E-state index contributed by atoms with van der Waals surface area (Å²) in [7, 11) is 0. The molecule has 1 heterocycles. The van der Waals surface area contributed by atoms with Crippen molar-refractivity contribution >= 4 is 6.09 Å². The third kappa shape index (κ3) is 4.23. The van der Waals surface area contributed by atoms with Crippen LogP contribution in [0, 0.1) is 5.92 Å². The first-order valence-electron chi connectivity index (χ1n) is 6.81. The van der Waals surface area contributed by atoms with Crippen LogP contribution in [-0.2, 0) is 11.3 Å². The number of rotatable bonds is 4. The first-order chi connectivity index (χ1) is 9.29. The average molecular weight is 265 g/mol. The number of benzene rings is 1. The van der Waals surface area contributed by atoms with Gasteiger partial charge in [0.2, 0.25) is 0 Å². The minimum absolute atomic E-state index is 0.261. The molecule has 0 aliphatic carbocycles. The summed E-state index contributed by atoms with van der Waals surface area (Å²) in [6.07, 6.45) is 2.12. The van der Waals surface area contributed by atoms with Crippen LogP contribution in [0.1, 0.15) is 24.8 Å². The van der Waals surface area contributed by atoms with E-state index in [1.807, 2.05) is 30.3 Å². The average Bonchev–Trinajstić information content (AvgIpc) is 2.47. The molecule has 0 atom stereocenters. The zero-order valence-electron chi connectivity index (χ0n) is 11.1. The van der Waals surface area contributed by atoms with E-state index in [1.165, 1.54) is 0 Å². The van der Waals surface area contributed by atoms with Crippen molar-refractivity contribution in [3.05, 3.63) is 35.9 Å². The Morgan fingerprint density at radius 1 is 1.26 bits per heavy atom. The highest BCUT2D eigenvalue weighted by molar-refractivity contribution is 5.67. The van der Waals surface area contributed by atoms with E-state index < -0.39 is 0 Å². The molecule has 0 radical (unpaired) electrons. The molecule has 19 heavy (non-hydrogen) atoms. The molecule has 1 aromatic rings. The number of ether oxygens (including phenoxy) is 1. The number of hydrogen-bond donors (Lipinski definition) is 0. The van der Waals surface area contributed by atoms with Crippen LogP contribution in [0.2, 0.25) is 0 Å². The predicted octanol–water partition coefficient (Wildman–Crippen LogP) is 3.39. The van der Waals surface area contributed by atoms with Crippen LogP contribution in [0.3, 0.4) is 0 Å². The van der Waals surface area contributed by atoms with Gasteiger partial charge >= 0.3 is 6.09 Å². The van der Waals surface area contributed by atoms with E-state index in [9.17, 15) is 9.18 Å². The molecule has 2 rings (SSSR count). The van der Waals surface area contributed by atoms with Gasteiger partial charge < -0.3 is 9.64 Å². The lowest BCUT2D eigenvalue weighted by Crippen LogP contribution is -2.38. The van der Waals surface area contributed by atoms with Gasteiger partial charge in [-0.15, -0.1) is 0 Å². The zero-order valence-corrected chi connectivity index (χ0v) is 11.1. The third-order valence-corrected chi connectivity index (χ3v) is 3.60. The molecule has 0 N–H and O–H groups in total. The molecule has 0 aromatic heterocycles. The fourth-order valence-corrected chi connectivity index (χ4v) is 2.37. The Labute approximate surface area is 113 Å². The number of piperidine rings is 1. The fourth-order valence-electron chi connectivity index (χ4n) is 2.37. The highest BCUT2D eigenvalue weighted by atomic mass is 19.1. The Hall–Kier alpha value is -1.58. The molecule has 1 saturated heterocycles. The fraction of sp³-hybridized carbons (Fsp3) is 0.533. The van der Waals surface area contributed by atoms with Gasteiger partial charge in [-0.3, -0.25) is 4.39 Å². The Morgan fingerprint density at radius 3 is 2.58 bits per heavy atom. The largest absolute Gasteiger partial charge is 0.445 e. The van der Waals surface area contributed by atoms with Crippen molar-refractivity contribution in [2.75, 3.05) is 19.8 Å². The van der Waals surface area contributed by atoms with Crippen LogP contribution in [0.5, 0.6) is 0 Å². The third-order valence-electron chi connectivity index (χ3n) is 3.60. The van der Waals surface area contributed by atoms with Gasteiger partial charge in [0.25, 0.3) is 0 Å². The first kappa shape index (κ1) is 13.8. The van der Waals surface area contributed by atoms with Crippen molar-refractivity contribution in [2.24, 2.45) is 5.92 Å². The monoisotopic (exact) mass is 265 g/mol. The minimum atomic E-state index is -0.262. The SMILES string of the molecule is O=C(OCc1ccccc1)N1CCC(CCF)CC1. The number of alkyl halides is 1. The zero-order chi connectivity index (χ0) is 13.5. The van der Waals surface area contributed by atoms with Crippen LogP contribution in [0.15, 0.2) is 30.3 Å². The predicted molar refractivity (Wildman–Crippen MR) is 71.5 cm³/mol. The van der Waals surface area contributed by atoms with E-state index in [1.54, 1.807) is 4.90 Å². The molecule has 3 nitrogen and oxygen atoms in total. The molecule has 1 aliphatic rings. The summed E-state index contributed by atoms with van der Waals surface area (Å²) in [4.78, 5) is 13.6. The van der Waals surface area contributed by atoms with Crippen molar-refractivity contribution in [3.8, 4) is 0 Å². The maximum absolute atomic E-state index is 12.2. The van der Waals surface area contributed by atoms with Crippen LogP contribution < -0.4 is 0 Å². The van der Waals surface area contributed by atoms with Gasteiger partial charge in [0, 0.05) is 13.1 Å². The second-order valence-corrected chi connectivity index (χ2v) is 4.95. The lowest BCUT2D eigenvalue weighted by atomic mass is 9.94. The van der Waals surface area contributed by atoms with Crippen molar-refractivity contribution < 1.29 is 13.9 Å². The van der Waals surface area contributed by atoms with Crippen molar-refractivity contribution in [1.82, 2.24) is 4.90 Å². The normalized spacial score (nSPS) is 16.4. The van der Waals surface area contributed by atoms with E-state index in [4.69, 9.17) is 4.74 Å². The molecule has 1 amide bonds. The molecule has 0 spiro atoms. The number of likely N-dealkylation sites (tertiary alicyclic amines) is 1. The molecule has 0 saturated carbocycles.